The third-order valence-corrected chi connectivity index (χ3v) is 16.6. The second-order valence-electron chi connectivity index (χ2n) is 21.2. The first kappa shape index (κ1) is 44.7. The van der Waals surface area contributed by atoms with Crippen molar-refractivity contribution < 1.29 is 0 Å². The van der Waals surface area contributed by atoms with Gasteiger partial charge in [-0.15, -0.1) is 0 Å². The Balaban J connectivity index is 0.876. The summed E-state index contributed by atoms with van der Waals surface area (Å²) in [6.45, 7) is 4.75. The van der Waals surface area contributed by atoms with Gasteiger partial charge in [-0.25, -0.2) is 0 Å². The fraction of sp³-hybridized carbons (Fsp3) is 0.0400. The summed E-state index contributed by atoms with van der Waals surface area (Å²) in [5.41, 5.74) is 22.0. The van der Waals surface area contributed by atoms with Gasteiger partial charge in [0.1, 0.15) is 0 Å². The summed E-state index contributed by atoms with van der Waals surface area (Å²) >= 11 is 0. The lowest BCUT2D eigenvalue weighted by molar-refractivity contribution is 0.660. The van der Waals surface area contributed by atoms with Crippen LogP contribution in [-0.2, 0) is 5.41 Å². The number of para-hydroxylation sites is 1. The molecule has 1 aromatic heterocycles. The number of rotatable bonds is 8. The van der Waals surface area contributed by atoms with Gasteiger partial charge in [-0.3, -0.25) is 0 Å². The van der Waals surface area contributed by atoms with E-state index in [2.05, 4.69) is 302 Å². The summed E-state index contributed by atoms with van der Waals surface area (Å²) in [6.07, 6.45) is 0. The van der Waals surface area contributed by atoms with E-state index in [9.17, 15) is 0 Å². The summed E-state index contributed by atoms with van der Waals surface area (Å²) in [4.78, 5) is 2.42. The Bertz CT molecular complexity index is 4470. The highest BCUT2D eigenvalue weighted by molar-refractivity contribution is 6.24. The van der Waals surface area contributed by atoms with Crippen molar-refractivity contribution in [1.82, 2.24) is 4.57 Å². The first-order valence-corrected chi connectivity index (χ1v) is 26.8. The quantitative estimate of drug-likeness (QED) is 0.138. The molecule has 0 radical (unpaired) electrons. The van der Waals surface area contributed by atoms with Crippen molar-refractivity contribution in [3.8, 4) is 61.3 Å². The van der Waals surface area contributed by atoms with E-state index in [1.165, 1.54) is 121 Å². The Morgan fingerprint density at radius 2 is 0.753 bits per heavy atom. The summed E-state index contributed by atoms with van der Waals surface area (Å²) in [7, 11) is 0. The number of nitrogens with zero attached hydrogens (tertiary/aromatic N) is 2. The summed E-state index contributed by atoms with van der Waals surface area (Å²) in [5, 5.41) is 9.85. The lowest BCUT2D eigenvalue weighted by atomic mass is 9.80. The van der Waals surface area contributed by atoms with E-state index in [4.69, 9.17) is 0 Å². The normalized spacial score (nSPS) is 12.6. The molecule has 1 heterocycles. The van der Waals surface area contributed by atoms with Crippen LogP contribution in [0.4, 0.5) is 17.1 Å². The maximum absolute atomic E-state index is 2.48. The first-order chi connectivity index (χ1) is 38.0. The van der Waals surface area contributed by atoms with Gasteiger partial charge >= 0.3 is 0 Å². The zero-order valence-electron chi connectivity index (χ0n) is 43.0. The van der Waals surface area contributed by atoms with Gasteiger partial charge in [0.05, 0.1) is 16.7 Å². The van der Waals surface area contributed by atoms with Crippen LogP contribution in [-0.4, -0.2) is 4.57 Å². The molecule has 0 spiro atoms. The molecule has 1 aliphatic rings. The van der Waals surface area contributed by atoms with Gasteiger partial charge in [0.25, 0.3) is 0 Å². The molecule has 0 saturated heterocycles. The van der Waals surface area contributed by atoms with Gasteiger partial charge in [0.2, 0.25) is 0 Å². The van der Waals surface area contributed by atoms with Crippen molar-refractivity contribution >= 4 is 71.2 Å². The van der Waals surface area contributed by atoms with Gasteiger partial charge in [-0.1, -0.05) is 220 Å². The fourth-order valence-electron chi connectivity index (χ4n) is 13.0. The van der Waals surface area contributed by atoms with Crippen LogP contribution in [0, 0.1) is 0 Å². The van der Waals surface area contributed by atoms with Gasteiger partial charge in [-0.2, -0.15) is 0 Å². The zero-order chi connectivity index (χ0) is 51.2. The lowest BCUT2D eigenvalue weighted by Gasteiger charge is -2.27. The highest BCUT2D eigenvalue weighted by Crippen LogP contribution is 2.52. The lowest BCUT2D eigenvalue weighted by Crippen LogP contribution is -2.14. The van der Waals surface area contributed by atoms with Crippen molar-refractivity contribution in [3.63, 3.8) is 0 Å². The molecule has 362 valence electrons. The van der Waals surface area contributed by atoms with Gasteiger partial charge in [0, 0.05) is 38.6 Å². The van der Waals surface area contributed by atoms with E-state index < -0.39 is 0 Å². The maximum atomic E-state index is 2.48. The summed E-state index contributed by atoms with van der Waals surface area (Å²) in [6, 6.07) is 103. The molecular weight excluding hydrogens is 929 g/mol. The molecule has 0 atom stereocenters. The predicted octanol–water partition coefficient (Wildman–Crippen LogP) is 20.7. The van der Waals surface area contributed by atoms with Crippen LogP contribution >= 0.6 is 0 Å². The van der Waals surface area contributed by atoms with Gasteiger partial charge in [0.15, 0.2) is 0 Å². The zero-order valence-corrected chi connectivity index (χ0v) is 43.0. The van der Waals surface area contributed by atoms with Gasteiger partial charge < -0.3 is 9.47 Å². The van der Waals surface area contributed by atoms with Crippen LogP contribution in [0.25, 0.3) is 115 Å². The standard InChI is InChI=1S/C75H52N2/c1-75(2)68-34-17-16-26-58(68)59-43-36-53(48-69(59)75)73-62-27-12-14-29-64(62)74(65-30-15-13-28-63(65)73)61-33-18-32-60-57(61)31-19-35-70(60)76(54-24-10-5-11-25-54)55-39-41-56(42-40-55)77-71-44-37-51(49-20-6-3-7-21-49)46-66(71)67-47-52(38-45-72(67)77)50-22-8-4-9-23-50/h3-48H,1-2H3. The highest BCUT2D eigenvalue weighted by atomic mass is 15.1. The van der Waals surface area contributed by atoms with E-state index in [0.717, 1.165) is 22.7 Å². The molecule has 0 amide bonds. The summed E-state index contributed by atoms with van der Waals surface area (Å²) in [5.74, 6) is 0. The van der Waals surface area contributed by atoms with Gasteiger partial charge in [-0.05, 0) is 166 Å². The van der Waals surface area contributed by atoms with Crippen molar-refractivity contribution in [3.05, 3.63) is 290 Å². The van der Waals surface area contributed by atoms with Crippen LogP contribution in [0.15, 0.2) is 279 Å². The molecule has 2 heteroatoms. The molecular formula is C75H52N2. The average Bonchev–Trinajstić information content (AvgIpc) is 4.01. The topological polar surface area (TPSA) is 8.17 Å². The number of hydrogen-bond acceptors (Lipinski definition) is 1. The number of benzene rings is 13. The number of anilines is 3. The Labute approximate surface area is 449 Å². The molecule has 0 bridgehead atoms. The largest absolute Gasteiger partial charge is 0.310 e. The van der Waals surface area contributed by atoms with Crippen LogP contribution in [0.3, 0.4) is 0 Å². The number of hydrogen-bond donors (Lipinski definition) is 0. The van der Waals surface area contributed by atoms with E-state index in [1.807, 2.05) is 0 Å². The first-order valence-electron chi connectivity index (χ1n) is 26.8. The predicted molar refractivity (Wildman–Crippen MR) is 327 cm³/mol. The minimum absolute atomic E-state index is 0.0996. The van der Waals surface area contributed by atoms with E-state index in [1.54, 1.807) is 0 Å². The number of aromatic nitrogens is 1. The van der Waals surface area contributed by atoms with Crippen molar-refractivity contribution in [2.75, 3.05) is 4.90 Å². The van der Waals surface area contributed by atoms with E-state index in [0.29, 0.717) is 0 Å². The molecule has 0 aliphatic heterocycles. The average molecular weight is 981 g/mol. The third-order valence-electron chi connectivity index (χ3n) is 16.6. The van der Waals surface area contributed by atoms with Crippen molar-refractivity contribution in [1.29, 1.82) is 0 Å². The molecule has 15 rings (SSSR count). The number of fused-ring (bicyclic) bond motifs is 9. The smallest absolute Gasteiger partial charge is 0.0541 e. The molecule has 0 unspecified atom stereocenters. The Hall–Kier alpha value is -9.76. The molecule has 14 aromatic rings. The second-order valence-corrected chi connectivity index (χ2v) is 21.2. The molecule has 2 nitrogen and oxygen atoms in total. The Morgan fingerprint density at radius 3 is 1.38 bits per heavy atom. The molecule has 0 fully saturated rings. The Morgan fingerprint density at radius 1 is 0.286 bits per heavy atom. The van der Waals surface area contributed by atoms with Crippen LogP contribution in [0.1, 0.15) is 25.0 Å². The van der Waals surface area contributed by atoms with Crippen LogP contribution < -0.4 is 4.90 Å². The van der Waals surface area contributed by atoms with Crippen LogP contribution in [0.5, 0.6) is 0 Å². The molecule has 13 aromatic carbocycles. The minimum Gasteiger partial charge on any atom is -0.310 e. The SMILES string of the molecule is CC1(C)c2ccccc2-c2ccc(-c3c4ccccc4c(-c4cccc5c(N(c6ccccc6)c6ccc(-n7c8ccc(-c9ccccc9)cc8c8cc(-c9ccccc9)ccc87)cc6)cccc45)c4ccccc34)cc21. The van der Waals surface area contributed by atoms with Crippen LogP contribution in [0.2, 0.25) is 0 Å². The molecule has 0 saturated carbocycles. The highest BCUT2D eigenvalue weighted by Gasteiger charge is 2.35. The third kappa shape index (κ3) is 7.10. The monoisotopic (exact) mass is 980 g/mol. The van der Waals surface area contributed by atoms with Crippen molar-refractivity contribution in [2.24, 2.45) is 0 Å². The Kier molecular flexibility index (Phi) is 10.3. The minimum atomic E-state index is -0.0996. The molecule has 1 aliphatic carbocycles. The summed E-state index contributed by atoms with van der Waals surface area (Å²) < 4.78 is 2.43. The van der Waals surface area contributed by atoms with E-state index in [-0.39, 0.29) is 5.41 Å². The van der Waals surface area contributed by atoms with Crippen molar-refractivity contribution in [2.45, 2.75) is 19.3 Å². The maximum Gasteiger partial charge on any atom is 0.0541 e. The molecule has 77 heavy (non-hydrogen) atoms. The second kappa shape index (κ2) is 17.7. The van der Waals surface area contributed by atoms with E-state index >= 15 is 0 Å². The molecule has 0 N–H and O–H groups in total. The fourth-order valence-corrected chi connectivity index (χ4v) is 13.0.